The van der Waals surface area contributed by atoms with Crippen molar-refractivity contribution in [3.05, 3.63) is 36.8 Å². The number of carbonyl (C=O) groups is 1. The third kappa shape index (κ3) is 3.92. The van der Waals surface area contributed by atoms with Crippen LogP contribution in [0.5, 0.6) is 0 Å². The first-order valence-corrected chi connectivity index (χ1v) is 7.78. The lowest BCUT2D eigenvalue weighted by Crippen LogP contribution is -2.28. The summed E-state index contributed by atoms with van der Waals surface area (Å²) in [5.74, 6) is 1.30. The van der Waals surface area contributed by atoms with Crippen LogP contribution in [0.1, 0.15) is 25.7 Å². The van der Waals surface area contributed by atoms with Gasteiger partial charge in [0, 0.05) is 31.1 Å². The largest absolute Gasteiger partial charge is 0.317 e. The van der Waals surface area contributed by atoms with E-state index in [4.69, 9.17) is 0 Å². The molecule has 2 aromatic heterocycles. The van der Waals surface area contributed by atoms with Gasteiger partial charge in [-0.3, -0.25) is 9.78 Å². The van der Waals surface area contributed by atoms with Crippen LogP contribution < -0.4 is 10.6 Å². The fourth-order valence-electron chi connectivity index (χ4n) is 2.74. The summed E-state index contributed by atoms with van der Waals surface area (Å²) < 4.78 is 1.73. The molecule has 0 unspecified atom stereocenters. The van der Waals surface area contributed by atoms with Crippen LogP contribution >= 0.6 is 0 Å². The van der Waals surface area contributed by atoms with Gasteiger partial charge < -0.3 is 10.6 Å². The first kappa shape index (κ1) is 14.7. The molecule has 1 aliphatic heterocycles. The second kappa shape index (κ2) is 7.17. The zero-order valence-corrected chi connectivity index (χ0v) is 12.5. The van der Waals surface area contributed by atoms with Gasteiger partial charge in [0.15, 0.2) is 5.82 Å². The van der Waals surface area contributed by atoms with Crippen LogP contribution in [-0.4, -0.2) is 33.8 Å². The highest BCUT2D eigenvalue weighted by Crippen LogP contribution is 2.18. The highest BCUT2D eigenvalue weighted by molar-refractivity contribution is 5.89. The molecule has 6 heteroatoms. The fourth-order valence-corrected chi connectivity index (χ4v) is 2.74. The van der Waals surface area contributed by atoms with Gasteiger partial charge in [0.05, 0.1) is 5.69 Å². The van der Waals surface area contributed by atoms with E-state index in [-0.39, 0.29) is 5.91 Å². The van der Waals surface area contributed by atoms with E-state index in [1.165, 1.54) is 12.8 Å². The van der Waals surface area contributed by atoms with E-state index in [1.807, 2.05) is 24.4 Å². The molecule has 0 aliphatic carbocycles. The summed E-state index contributed by atoms with van der Waals surface area (Å²) in [5, 5.41) is 10.6. The fraction of sp³-hybridized carbons (Fsp3) is 0.438. The average molecular weight is 299 g/mol. The molecule has 3 heterocycles. The van der Waals surface area contributed by atoms with E-state index in [1.54, 1.807) is 17.1 Å². The van der Waals surface area contributed by atoms with Gasteiger partial charge in [-0.2, -0.15) is 5.10 Å². The molecule has 1 saturated heterocycles. The number of pyridine rings is 1. The third-order valence-electron chi connectivity index (χ3n) is 4.02. The summed E-state index contributed by atoms with van der Waals surface area (Å²) in [5.41, 5.74) is 0.921. The van der Waals surface area contributed by atoms with Crippen LogP contribution in [0.2, 0.25) is 0 Å². The minimum Gasteiger partial charge on any atom is -0.317 e. The van der Waals surface area contributed by atoms with Crippen molar-refractivity contribution in [2.45, 2.75) is 25.7 Å². The molecule has 3 rings (SSSR count). The molecule has 0 atom stereocenters. The molecular weight excluding hydrogens is 278 g/mol. The molecule has 1 aliphatic rings. The molecule has 6 nitrogen and oxygen atoms in total. The predicted molar refractivity (Wildman–Crippen MR) is 84.8 cm³/mol. The van der Waals surface area contributed by atoms with Crippen LogP contribution in [0.3, 0.4) is 0 Å². The second-order valence-electron chi connectivity index (χ2n) is 5.63. The van der Waals surface area contributed by atoms with Gasteiger partial charge in [-0.05, 0) is 50.4 Å². The molecule has 116 valence electrons. The molecule has 1 amide bonds. The molecule has 0 aromatic carbocycles. The monoisotopic (exact) mass is 299 g/mol. The van der Waals surface area contributed by atoms with E-state index in [9.17, 15) is 4.79 Å². The van der Waals surface area contributed by atoms with E-state index in [0.717, 1.165) is 25.2 Å². The number of nitrogens with zero attached hydrogens (tertiary/aromatic N) is 3. The topological polar surface area (TPSA) is 71.8 Å². The Morgan fingerprint density at radius 2 is 2.05 bits per heavy atom. The molecular formula is C16H21N5O. The predicted octanol–water partition coefficient (Wildman–Crippen LogP) is 1.99. The zero-order valence-electron chi connectivity index (χ0n) is 12.5. The normalized spacial score (nSPS) is 15.6. The maximum Gasteiger partial charge on any atom is 0.225 e. The first-order chi connectivity index (χ1) is 10.8. The van der Waals surface area contributed by atoms with Crippen LogP contribution in [0.4, 0.5) is 5.82 Å². The van der Waals surface area contributed by atoms with E-state index < -0.39 is 0 Å². The Morgan fingerprint density at radius 1 is 1.27 bits per heavy atom. The third-order valence-corrected chi connectivity index (χ3v) is 4.02. The van der Waals surface area contributed by atoms with E-state index in [0.29, 0.717) is 18.2 Å². The number of amides is 1. The lowest BCUT2D eigenvalue weighted by atomic mass is 9.93. The Bertz CT molecular complexity index is 604. The summed E-state index contributed by atoms with van der Waals surface area (Å²) in [6.45, 7) is 2.14. The first-order valence-electron chi connectivity index (χ1n) is 7.78. The van der Waals surface area contributed by atoms with E-state index in [2.05, 4.69) is 20.7 Å². The molecule has 2 aromatic rings. The minimum atomic E-state index is 0.0403. The molecule has 0 spiro atoms. The number of carbonyl (C=O) groups excluding carboxylic acids is 1. The van der Waals surface area contributed by atoms with Gasteiger partial charge in [-0.1, -0.05) is 0 Å². The standard InChI is InChI=1S/C16H21N5O/c22-16(2-1-13-3-8-17-9-4-13)19-15-7-12-21(20-15)14-5-10-18-11-6-14/h5-7,10-13,17H,1-4,8-9H2,(H,19,20,22). The maximum atomic E-state index is 12.0. The van der Waals surface area contributed by atoms with Gasteiger partial charge in [0.1, 0.15) is 0 Å². The number of aromatic nitrogens is 3. The highest BCUT2D eigenvalue weighted by Gasteiger charge is 2.15. The van der Waals surface area contributed by atoms with Gasteiger partial charge in [-0.15, -0.1) is 0 Å². The van der Waals surface area contributed by atoms with Crippen molar-refractivity contribution in [2.75, 3.05) is 18.4 Å². The van der Waals surface area contributed by atoms with Crippen LogP contribution in [-0.2, 0) is 4.79 Å². The number of anilines is 1. The van der Waals surface area contributed by atoms with Crippen molar-refractivity contribution < 1.29 is 4.79 Å². The summed E-state index contributed by atoms with van der Waals surface area (Å²) in [7, 11) is 0. The van der Waals surface area contributed by atoms with Crippen molar-refractivity contribution in [3.8, 4) is 5.69 Å². The quantitative estimate of drug-likeness (QED) is 0.885. The molecule has 2 N–H and O–H groups in total. The Kier molecular flexibility index (Phi) is 4.80. The minimum absolute atomic E-state index is 0.0403. The van der Waals surface area contributed by atoms with Crippen molar-refractivity contribution in [2.24, 2.45) is 5.92 Å². The molecule has 1 fully saturated rings. The average Bonchev–Trinajstić information content (AvgIpc) is 3.03. The SMILES string of the molecule is O=C(CCC1CCNCC1)Nc1ccn(-c2ccncc2)n1. The van der Waals surface area contributed by atoms with Crippen LogP contribution in [0.15, 0.2) is 36.8 Å². The number of hydrogen-bond acceptors (Lipinski definition) is 4. The summed E-state index contributed by atoms with van der Waals surface area (Å²) in [4.78, 5) is 16.0. The Balaban J connectivity index is 1.50. The second-order valence-corrected chi connectivity index (χ2v) is 5.63. The lowest BCUT2D eigenvalue weighted by Gasteiger charge is -2.21. The van der Waals surface area contributed by atoms with Gasteiger partial charge >= 0.3 is 0 Å². The number of nitrogens with one attached hydrogen (secondary N) is 2. The Morgan fingerprint density at radius 3 is 2.82 bits per heavy atom. The molecule has 0 saturated carbocycles. The highest BCUT2D eigenvalue weighted by atomic mass is 16.1. The summed E-state index contributed by atoms with van der Waals surface area (Å²) >= 11 is 0. The van der Waals surface area contributed by atoms with Crippen LogP contribution in [0, 0.1) is 5.92 Å². The zero-order chi connectivity index (χ0) is 15.2. The number of piperidine rings is 1. The van der Waals surface area contributed by atoms with Gasteiger partial charge in [0.25, 0.3) is 0 Å². The number of hydrogen-bond donors (Lipinski definition) is 2. The molecule has 0 bridgehead atoms. The lowest BCUT2D eigenvalue weighted by molar-refractivity contribution is -0.116. The van der Waals surface area contributed by atoms with Crippen molar-refractivity contribution in [3.63, 3.8) is 0 Å². The van der Waals surface area contributed by atoms with Gasteiger partial charge in [0.2, 0.25) is 5.91 Å². The molecule has 0 radical (unpaired) electrons. The molecule has 22 heavy (non-hydrogen) atoms. The Labute approximate surface area is 129 Å². The smallest absolute Gasteiger partial charge is 0.225 e. The van der Waals surface area contributed by atoms with Crippen molar-refractivity contribution >= 4 is 11.7 Å². The number of rotatable bonds is 5. The summed E-state index contributed by atoms with van der Waals surface area (Å²) in [6.07, 6.45) is 9.12. The van der Waals surface area contributed by atoms with Crippen LogP contribution in [0.25, 0.3) is 5.69 Å². The maximum absolute atomic E-state index is 12.0. The van der Waals surface area contributed by atoms with E-state index >= 15 is 0 Å². The Hall–Kier alpha value is -2.21. The van der Waals surface area contributed by atoms with Crippen molar-refractivity contribution in [1.82, 2.24) is 20.1 Å². The van der Waals surface area contributed by atoms with Gasteiger partial charge in [-0.25, -0.2) is 4.68 Å². The van der Waals surface area contributed by atoms with Crippen molar-refractivity contribution in [1.29, 1.82) is 0 Å². The summed E-state index contributed by atoms with van der Waals surface area (Å²) in [6, 6.07) is 5.55.